The highest BCUT2D eigenvalue weighted by atomic mass is 16.2. The van der Waals surface area contributed by atoms with Crippen molar-refractivity contribution in [2.75, 3.05) is 11.4 Å². The molecule has 0 saturated carbocycles. The summed E-state index contributed by atoms with van der Waals surface area (Å²) >= 11 is 0. The van der Waals surface area contributed by atoms with Crippen molar-refractivity contribution in [3.05, 3.63) is 65.2 Å². The van der Waals surface area contributed by atoms with Gasteiger partial charge in [0.25, 0.3) is 17.7 Å². The highest BCUT2D eigenvalue weighted by Gasteiger charge is 2.44. The summed E-state index contributed by atoms with van der Waals surface area (Å²) in [5.41, 5.74) is 2.30. The van der Waals surface area contributed by atoms with Gasteiger partial charge in [-0.15, -0.1) is 0 Å². The molecule has 2 heterocycles. The first-order chi connectivity index (χ1) is 13.3. The summed E-state index contributed by atoms with van der Waals surface area (Å²) in [5, 5.41) is 0. The molecule has 0 radical (unpaired) electrons. The average Bonchev–Trinajstić information content (AvgIpc) is 3.14. The van der Waals surface area contributed by atoms with Gasteiger partial charge in [0.2, 0.25) is 0 Å². The number of nitrogens with zero attached hydrogens (tertiary/aromatic N) is 2. The van der Waals surface area contributed by atoms with E-state index in [2.05, 4.69) is 20.8 Å². The number of rotatable bonds is 1. The molecule has 2 aliphatic heterocycles. The minimum atomic E-state index is -0.572. The fraction of sp³-hybridized carbons (Fsp3) is 0.348. The molecular formula is C23H24N2O3. The fourth-order valence-electron chi connectivity index (χ4n) is 3.99. The number of carbonyl (C=O) groups is 3. The monoisotopic (exact) mass is 376 g/mol. The SMILES string of the molecule is CC(C)(C)c1ccc(C(=O)N2C(=O)[C@@H]3CCCN3C(=O)c3ccccc32)cc1. The normalized spacial score (nSPS) is 19.3. The van der Waals surface area contributed by atoms with Crippen molar-refractivity contribution in [2.24, 2.45) is 0 Å². The summed E-state index contributed by atoms with van der Waals surface area (Å²) in [7, 11) is 0. The Morgan fingerprint density at radius 2 is 1.68 bits per heavy atom. The maximum Gasteiger partial charge on any atom is 0.265 e. The Hall–Kier alpha value is -2.95. The van der Waals surface area contributed by atoms with Gasteiger partial charge in [0.15, 0.2) is 0 Å². The molecular weight excluding hydrogens is 352 g/mol. The van der Waals surface area contributed by atoms with Gasteiger partial charge < -0.3 is 4.90 Å². The average molecular weight is 376 g/mol. The number of carbonyl (C=O) groups excluding carboxylic acids is 3. The van der Waals surface area contributed by atoms with Crippen LogP contribution in [-0.2, 0) is 10.2 Å². The Balaban J connectivity index is 1.78. The first kappa shape index (κ1) is 18.4. The van der Waals surface area contributed by atoms with E-state index >= 15 is 0 Å². The lowest BCUT2D eigenvalue weighted by atomic mass is 9.86. The summed E-state index contributed by atoms with van der Waals surface area (Å²) in [6.07, 6.45) is 1.36. The highest BCUT2D eigenvalue weighted by Crippen LogP contribution is 2.33. The van der Waals surface area contributed by atoms with Crippen LogP contribution in [0.2, 0.25) is 0 Å². The molecule has 1 atom stereocenters. The lowest BCUT2D eigenvalue weighted by Gasteiger charge is -2.25. The van der Waals surface area contributed by atoms with Crippen LogP contribution in [0.1, 0.15) is 59.9 Å². The van der Waals surface area contributed by atoms with Gasteiger partial charge in [-0.2, -0.15) is 0 Å². The molecule has 2 aliphatic rings. The van der Waals surface area contributed by atoms with E-state index in [-0.39, 0.29) is 23.1 Å². The topological polar surface area (TPSA) is 57.7 Å². The Labute approximate surface area is 164 Å². The van der Waals surface area contributed by atoms with Gasteiger partial charge in [0, 0.05) is 12.1 Å². The molecule has 0 spiro atoms. The number of anilines is 1. The van der Waals surface area contributed by atoms with Gasteiger partial charge in [-0.25, -0.2) is 4.90 Å². The van der Waals surface area contributed by atoms with Crippen molar-refractivity contribution >= 4 is 23.4 Å². The minimum Gasteiger partial charge on any atom is -0.327 e. The van der Waals surface area contributed by atoms with Crippen LogP contribution >= 0.6 is 0 Å². The quantitative estimate of drug-likeness (QED) is 0.712. The van der Waals surface area contributed by atoms with Crippen LogP contribution in [0.4, 0.5) is 5.69 Å². The lowest BCUT2D eigenvalue weighted by molar-refractivity contribution is -0.121. The van der Waals surface area contributed by atoms with Crippen molar-refractivity contribution < 1.29 is 14.4 Å². The smallest absolute Gasteiger partial charge is 0.265 e. The number of fused-ring (bicyclic) bond motifs is 2. The second-order valence-electron chi connectivity index (χ2n) is 8.48. The molecule has 1 fully saturated rings. The standard InChI is InChI=1S/C23H24N2O3/c1-23(2,3)16-12-10-15(11-13-16)20(26)25-18-8-5-4-7-17(18)21(27)24-14-6-9-19(24)22(25)28/h4-5,7-8,10-13,19H,6,9,14H2,1-3H3/t19-/m0/s1. The molecule has 2 aromatic rings. The predicted molar refractivity (Wildman–Crippen MR) is 107 cm³/mol. The Kier molecular flexibility index (Phi) is 4.33. The Bertz CT molecular complexity index is 957. The maximum absolute atomic E-state index is 13.4. The van der Waals surface area contributed by atoms with Gasteiger partial charge in [-0.3, -0.25) is 14.4 Å². The summed E-state index contributed by atoms with van der Waals surface area (Å²) in [4.78, 5) is 42.4. The molecule has 28 heavy (non-hydrogen) atoms. The van der Waals surface area contributed by atoms with Crippen LogP contribution < -0.4 is 4.90 Å². The zero-order chi connectivity index (χ0) is 20.1. The van der Waals surface area contributed by atoms with Gasteiger partial charge in [-0.1, -0.05) is 45.0 Å². The molecule has 0 aromatic heterocycles. The first-order valence-corrected chi connectivity index (χ1v) is 9.68. The second kappa shape index (κ2) is 6.59. The van der Waals surface area contributed by atoms with Gasteiger partial charge in [0.05, 0.1) is 11.3 Å². The molecule has 3 amide bonds. The lowest BCUT2D eigenvalue weighted by Crippen LogP contribution is -2.47. The third-order valence-corrected chi connectivity index (χ3v) is 5.60. The zero-order valence-electron chi connectivity index (χ0n) is 16.4. The molecule has 5 heteroatoms. The number of benzene rings is 2. The van der Waals surface area contributed by atoms with Crippen molar-refractivity contribution in [1.82, 2.24) is 4.90 Å². The van der Waals surface area contributed by atoms with Gasteiger partial charge in [0.1, 0.15) is 6.04 Å². The molecule has 144 valence electrons. The molecule has 0 unspecified atom stereocenters. The van der Waals surface area contributed by atoms with E-state index in [0.29, 0.717) is 29.8 Å². The molecule has 0 N–H and O–H groups in total. The van der Waals surface area contributed by atoms with Gasteiger partial charge in [-0.05, 0) is 48.1 Å². The van der Waals surface area contributed by atoms with Crippen LogP contribution in [0, 0.1) is 0 Å². The van der Waals surface area contributed by atoms with E-state index in [4.69, 9.17) is 0 Å². The highest BCUT2D eigenvalue weighted by molar-refractivity contribution is 6.26. The number of imide groups is 1. The first-order valence-electron chi connectivity index (χ1n) is 9.68. The van der Waals surface area contributed by atoms with Crippen LogP contribution in [0.3, 0.4) is 0 Å². The summed E-state index contributed by atoms with van der Waals surface area (Å²) in [5.74, 6) is -0.884. The van der Waals surface area contributed by atoms with Crippen LogP contribution in [0.5, 0.6) is 0 Å². The molecule has 4 rings (SSSR count). The summed E-state index contributed by atoms with van der Waals surface area (Å²) < 4.78 is 0. The van der Waals surface area contributed by atoms with Crippen molar-refractivity contribution in [2.45, 2.75) is 45.1 Å². The second-order valence-corrected chi connectivity index (χ2v) is 8.48. The zero-order valence-corrected chi connectivity index (χ0v) is 16.4. The number of hydrogen-bond acceptors (Lipinski definition) is 3. The predicted octanol–water partition coefficient (Wildman–Crippen LogP) is 3.78. The van der Waals surface area contributed by atoms with E-state index in [0.717, 1.165) is 12.0 Å². The minimum absolute atomic E-state index is 0.0244. The van der Waals surface area contributed by atoms with E-state index in [9.17, 15) is 14.4 Å². The third-order valence-electron chi connectivity index (χ3n) is 5.60. The Morgan fingerprint density at radius 3 is 2.36 bits per heavy atom. The van der Waals surface area contributed by atoms with Crippen molar-refractivity contribution in [1.29, 1.82) is 0 Å². The number of para-hydroxylation sites is 1. The van der Waals surface area contributed by atoms with E-state index < -0.39 is 6.04 Å². The largest absolute Gasteiger partial charge is 0.327 e. The maximum atomic E-state index is 13.4. The third kappa shape index (κ3) is 2.91. The molecule has 2 aromatic carbocycles. The van der Waals surface area contributed by atoms with Crippen LogP contribution in [0.25, 0.3) is 0 Å². The van der Waals surface area contributed by atoms with Crippen molar-refractivity contribution in [3.8, 4) is 0 Å². The molecule has 5 nitrogen and oxygen atoms in total. The number of amides is 3. The van der Waals surface area contributed by atoms with E-state index in [1.54, 1.807) is 41.3 Å². The fourth-order valence-corrected chi connectivity index (χ4v) is 3.99. The number of hydrogen-bond donors (Lipinski definition) is 0. The molecule has 1 saturated heterocycles. The summed E-state index contributed by atoms with van der Waals surface area (Å²) in [6.45, 7) is 6.88. The summed E-state index contributed by atoms with van der Waals surface area (Å²) in [6, 6.07) is 13.7. The van der Waals surface area contributed by atoms with Crippen LogP contribution in [0.15, 0.2) is 48.5 Å². The van der Waals surface area contributed by atoms with E-state index in [1.807, 2.05) is 12.1 Å². The molecule has 0 bridgehead atoms. The van der Waals surface area contributed by atoms with Gasteiger partial charge >= 0.3 is 0 Å². The molecule has 0 aliphatic carbocycles. The Morgan fingerprint density at radius 1 is 1.00 bits per heavy atom. The van der Waals surface area contributed by atoms with E-state index in [1.165, 1.54) is 4.90 Å². The van der Waals surface area contributed by atoms with Crippen LogP contribution in [-0.4, -0.2) is 35.2 Å². The van der Waals surface area contributed by atoms with Crippen molar-refractivity contribution in [3.63, 3.8) is 0 Å².